The monoisotopic (exact) mass is 473 g/mol. The third kappa shape index (κ3) is 3.96. The van der Waals surface area contributed by atoms with Crippen LogP contribution in [0.1, 0.15) is 15.9 Å². The second kappa shape index (κ2) is 8.78. The molecule has 2 heterocycles. The minimum absolute atomic E-state index is 0.441. The Hall–Kier alpha value is -4.35. The van der Waals surface area contributed by atoms with Crippen LogP contribution in [0.3, 0.4) is 0 Å². The molecule has 1 radical (unpaired) electrons. The number of carbonyl (C=O) groups is 1. The van der Waals surface area contributed by atoms with Crippen molar-refractivity contribution in [3.8, 4) is 21.9 Å². The van der Waals surface area contributed by atoms with Crippen LogP contribution in [0.2, 0.25) is 0 Å². The molecule has 6 aromatic rings. The summed E-state index contributed by atoms with van der Waals surface area (Å²) in [5.41, 5.74) is 10.4. The Bertz CT molecular complexity index is 1670. The molecule has 0 saturated carbocycles. The van der Waals surface area contributed by atoms with E-state index in [0.717, 1.165) is 44.4 Å². The van der Waals surface area contributed by atoms with Crippen molar-refractivity contribution in [3.05, 3.63) is 120 Å². The predicted octanol–water partition coefficient (Wildman–Crippen LogP) is 7.26. The fourth-order valence-corrected chi connectivity index (χ4v) is 5.25. The maximum absolute atomic E-state index is 12.3. The van der Waals surface area contributed by atoms with E-state index in [1.54, 1.807) is 17.4 Å². The number of amides is 1. The molecule has 0 aliphatic heterocycles. The first-order valence-electron chi connectivity index (χ1n) is 11.3. The van der Waals surface area contributed by atoms with Crippen LogP contribution < -0.4 is 10.5 Å². The first-order chi connectivity index (χ1) is 17.2. The van der Waals surface area contributed by atoms with Gasteiger partial charge in [-0.15, -0.1) is 11.3 Å². The summed E-state index contributed by atoms with van der Waals surface area (Å²) in [6.07, 6.45) is 0. The topological polar surface area (TPSA) is 57.2 Å². The molecule has 0 spiro atoms. The molecule has 0 unspecified atom stereocenters. The fraction of sp³-hybridized carbons (Fsp3) is 0.0333. The van der Waals surface area contributed by atoms with E-state index in [1.165, 1.54) is 4.88 Å². The molecule has 6 rings (SSSR count). The Balaban J connectivity index is 1.50. The van der Waals surface area contributed by atoms with Gasteiger partial charge in [-0.2, -0.15) is 0 Å². The number of aromatic nitrogens is 1. The third-order valence-corrected chi connectivity index (χ3v) is 7.00. The van der Waals surface area contributed by atoms with Gasteiger partial charge in [-0.3, -0.25) is 4.79 Å². The second-order valence-corrected chi connectivity index (χ2v) is 9.29. The van der Waals surface area contributed by atoms with Crippen LogP contribution in [0.15, 0.2) is 102 Å². The zero-order chi connectivity index (χ0) is 23.8. The first-order valence-corrected chi connectivity index (χ1v) is 12.2. The number of primary amides is 1. The Kier molecular flexibility index (Phi) is 5.32. The van der Waals surface area contributed by atoms with Gasteiger partial charge >= 0.3 is 0 Å². The molecule has 0 bridgehead atoms. The summed E-state index contributed by atoms with van der Waals surface area (Å²) >= 11 is 1.69. The van der Waals surface area contributed by atoms with Crippen molar-refractivity contribution in [1.29, 1.82) is 0 Å². The first kappa shape index (κ1) is 21.2. The van der Waals surface area contributed by atoms with E-state index >= 15 is 0 Å². The molecule has 0 fully saturated rings. The zero-order valence-corrected chi connectivity index (χ0v) is 19.6. The largest absolute Gasteiger partial charge is 0.457 e. The number of nitrogens with zero attached hydrogens (tertiary/aromatic N) is 1. The van der Waals surface area contributed by atoms with Gasteiger partial charge in [-0.1, -0.05) is 42.5 Å². The minimum Gasteiger partial charge on any atom is -0.457 e. The lowest BCUT2D eigenvalue weighted by molar-refractivity contribution is 0.100. The Morgan fingerprint density at radius 2 is 1.71 bits per heavy atom. The van der Waals surface area contributed by atoms with Gasteiger partial charge in [0.05, 0.1) is 11.0 Å². The zero-order valence-electron chi connectivity index (χ0n) is 18.8. The van der Waals surface area contributed by atoms with Gasteiger partial charge in [0.15, 0.2) is 0 Å². The predicted molar refractivity (Wildman–Crippen MR) is 142 cm³/mol. The summed E-state index contributed by atoms with van der Waals surface area (Å²) in [6.45, 7) is 0.607. The molecule has 1 amide bonds. The van der Waals surface area contributed by atoms with Gasteiger partial charge in [0.1, 0.15) is 11.5 Å². The summed E-state index contributed by atoms with van der Waals surface area (Å²) in [6, 6.07) is 35.3. The van der Waals surface area contributed by atoms with Gasteiger partial charge in [0.25, 0.3) is 0 Å². The van der Waals surface area contributed by atoms with E-state index in [2.05, 4.69) is 40.3 Å². The number of carbonyl (C=O) groups excluding carboxylic acids is 1. The normalized spacial score (nSPS) is 11.2. The number of hydrogen-bond acceptors (Lipinski definition) is 3. The van der Waals surface area contributed by atoms with Crippen LogP contribution in [0.25, 0.3) is 32.2 Å². The summed E-state index contributed by atoms with van der Waals surface area (Å²) in [5, 5.41) is 3.80. The number of rotatable bonds is 6. The molecule has 4 nitrogen and oxygen atoms in total. The second-order valence-electron chi connectivity index (χ2n) is 8.34. The van der Waals surface area contributed by atoms with E-state index in [0.29, 0.717) is 12.1 Å². The highest BCUT2D eigenvalue weighted by Crippen LogP contribution is 2.36. The standard InChI is InChI=1S/C30H21N2O2S/c31-30(33)25-11-5-12-26-29(25)24-15-14-21(28-13-6-16-35-28)18-27(24)32(26)19-20-7-4-10-23(17-20)34-22-8-2-1-3-9-22/h1-14,16-18H,19H2,(H2,31,33). The van der Waals surface area contributed by atoms with Gasteiger partial charge in [0, 0.05) is 27.8 Å². The van der Waals surface area contributed by atoms with Crippen molar-refractivity contribution < 1.29 is 9.53 Å². The number of thiophene rings is 1. The molecular weight excluding hydrogens is 452 g/mol. The van der Waals surface area contributed by atoms with Crippen molar-refractivity contribution >= 4 is 39.0 Å². The summed E-state index contributed by atoms with van der Waals surface area (Å²) < 4.78 is 8.29. The maximum Gasteiger partial charge on any atom is 0.249 e. The molecule has 5 heteroatoms. The highest BCUT2D eigenvalue weighted by Gasteiger charge is 2.18. The average molecular weight is 474 g/mol. The van der Waals surface area contributed by atoms with Gasteiger partial charge in [-0.25, -0.2) is 0 Å². The summed E-state index contributed by atoms with van der Waals surface area (Å²) in [4.78, 5) is 13.5. The van der Waals surface area contributed by atoms with E-state index in [4.69, 9.17) is 10.5 Å². The van der Waals surface area contributed by atoms with Crippen molar-refractivity contribution in [2.45, 2.75) is 6.54 Å². The minimum atomic E-state index is -0.441. The number of fused-ring (bicyclic) bond motifs is 3. The van der Waals surface area contributed by atoms with Crippen molar-refractivity contribution in [2.75, 3.05) is 0 Å². The number of benzene rings is 4. The van der Waals surface area contributed by atoms with Crippen LogP contribution in [0.4, 0.5) is 0 Å². The highest BCUT2D eigenvalue weighted by molar-refractivity contribution is 7.13. The van der Waals surface area contributed by atoms with Crippen LogP contribution in [0, 0.1) is 6.07 Å². The number of ether oxygens (including phenoxy) is 1. The molecule has 35 heavy (non-hydrogen) atoms. The molecular formula is C30H21N2O2S. The highest BCUT2D eigenvalue weighted by atomic mass is 32.1. The summed E-state index contributed by atoms with van der Waals surface area (Å²) in [5.74, 6) is 1.13. The summed E-state index contributed by atoms with van der Waals surface area (Å²) in [7, 11) is 0. The Morgan fingerprint density at radius 1 is 0.886 bits per heavy atom. The third-order valence-electron chi connectivity index (χ3n) is 6.08. The van der Waals surface area contributed by atoms with Crippen molar-refractivity contribution in [1.82, 2.24) is 4.57 Å². The van der Waals surface area contributed by atoms with E-state index in [-0.39, 0.29) is 0 Å². The Labute approximate surface area is 206 Å². The van der Waals surface area contributed by atoms with E-state index in [9.17, 15) is 4.79 Å². The maximum atomic E-state index is 12.3. The molecule has 4 aromatic carbocycles. The molecule has 2 N–H and O–H groups in total. The number of hydrogen-bond donors (Lipinski definition) is 1. The quantitative estimate of drug-likeness (QED) is 0.277. The number of nitrogens with two attached hydrogens (primary N) is 1. The van der Waals surface area contributed by atoms with Gasteiger partial charge in [0.2, 0.25) is 5.91 Å². The van der Waals surface area contributed by atoms with Crippen molar-refractivity contribution in [3.63, 3.8) is 0 Å². The molecule has 0 saturated heterocycles. The Morgan fingerprint density at radius 3 is 2.51 bits per heavy atom. The number of para-hydroxylation sites is 1. The van der Waals surface area contributed by atoms with Crippen LogP contribution >= 0.6 is 11.3 Å². The van der Waals surface area contributed by atoms with Gasteiger partial charge in [-0.05, 0) is 77.2 Å². The van der Waals surface area contributed by atoms with Crippen LogP contribution in [-0.4, -0.2) is 10.5 Å². The lowest BCUT2D eigenvalue weighted by atomic mass is 10.0. The van der Waals surface area contributed by atoms with Crippen molar-refractivity contribution in [2.24, 2.45) is 5.73 Å². The van der Waals surface area contributed by atoms with E-state index in [1.807, 2.05) is 66.7 Å². The van der Waals surface area contributed by atoms with Crippen LogP contribution in [0.5, 0.6) is 11.5 Å². The molecule has 169 valence electrons. The smallest absolute Gasteiger partial charge is 0.249 e. The molecule has 2 aromatic heterocycles. The lowest BCUT2D eigenvalue weighted by Crippen LogP contribution is -2.11. The molecule has 0 aliphatic rings. The SMILES string of the molecule is NC(=O)c1cccc2c1c1[c]cc(-c3cccs3)cc1n2Cc1cccc(Oc2ccccc2)c1. The van der Waals surface area contributed by atoms with Gasteiger partial charge < -0.3 is 15.0 Å². The lowest BCUT2D eigenvalue weighted by Gasteiger charge is -2.11. The molecule has 0 atom stereocenters. The average Bonchev–Trinajstić information content (AvgIpc) is 3.52. The van der Waals surface area contributed by atoms with E-state index < -0.39 is 5.91 Å². The molecule has 0 aliphatic carbocycles. The van der Waals surface area contributed by atoms with Crippen LogP contribution in [-0.2, 0) is 6.54 Å². The fourth-order valence-electron chi connectivity index (χ4n) is 4.53.